The molecule has 3 nitrogen and oxygen atoms in total. The van der Waals surface area contributed by atoms with Crippen molar-refractivity contribution >= 4 is 5.82 Å². The Balaban J connectivity index is 2.18. The van der Waals surface area contributed by atoms with Gasteiger partial charge in [-0.2, -0.15) is 0 Å². The van der Waals surface area contributed by atoms with Crippen molar-refractivity contribution in [3.63, 3.8) is 0 Å². The summed E-state index contributed by atoms with van der Waals surface area (Å²) in [6.45, 7) is 3.13. The molecule has 0 radical (unpaired) electrons. The lowest BCUT2D eigenvalue weighted by atomic mass is 9.98. The van der Waals surface area contributed by atoms with Crippen LogP contribution in [-0.4, -0.2) is 11.5 Å². The van der Waals surface area contributed by atoms with Gasteiger partial charge >= 0.3 is 0 Å². The number of aryl methyl sites for hydroxylation is 1. The van der Waals surface area contributed by atoms with Crippen molar-refractivity contribution in [1.29, 1.82) is 0 Å². The van der Waals surface area contributed by atoms with E-state index in [-0.39, 0.29) is 0 Å². The van der Waals surface area contributed by atoms with Gasteiger partial charge in [0.05, 0.1) is 0 Å². The molecule has 1 saturated heterocycles. The van der Waals surface area contributed by atoms with Gasteiger partial charge in [-0.05, 0) is 43.5 Å². The zero-order valence-electron chi connectivity index (χ0n) is 8.59. The molecule has 1 fully saturated rings. The van der Waals surface area contributed by atoms with Gasteiger partial charge < -0.3 is 11.1 Å². The van der Waals surface area contributed by atoms with E-state index >= 15 is 0 Å². The number of pyridine rings is 1. The molecule has 2 rings (SSSR count). The minimum absolute atomic E-state index is 0.482. The van der Waals surface area contributed by atoms with E-state index in [4.69, 9.17) is 5.73 Å². The highest BCUT2D eigenvalue weighted by atomic mass is 14.9. The highest BCUT2D eigenvalue weighted by Crippen LogP contribution is 2.23. The van der Waals surface area contributed by atoms with Gasteiger partial charge in [-0.25, -0.2) is 4.98 Å². The van der Waals surface area contributed by atoms with Crippen molar-refractivity contribution in [1.82, 2.24) is 10.3 Å². The fraction of sp³-hybridized carbons (Fsp3) is 0.545. The maximum atomic E-state index is 5.69. The molecular formula is C11H17N3. The predicted octanol–water partition coefficient (Wildman–Crippen LogP) is 1.79. The van der Waals surface area contributed by atoms with E-state index in [0.29, 0.717) is 11.9 Å². The Hall–Kier alpha value is -1.09. The molecule has 3 heteroatoms. The van der Waals surface area contributed by atoms with Crippen LogP contribution in [0.25, 0.3) is 0 Å². The van der Waals surface area contributed by atoms with Gasteiger partial charge in [0, 0.05) is 12.2 Å². The zero-order valence-corrected chi connectivity index (χ0v) is 8.59. The molecular weight excluding hydrogens is 174 g/mol. The Morgan fingerprint density at radius 3 is 3.00 bits per heavy atom. The summed E-state index contributed by atoms with van der Waals surface area (Å²) >= 11 is 0. The Kier molecular flexibility index (Phi) is 2.68. The first-order chi connectivity index (χ1) is 6.77. The molecule has 0 aliphatic carbocycles. The van der Waals surface area contributed by atoms with E-state index in [2.05, 4.69) is 16.4 Å². The second kappa shape index (κ2) is 3.96. The van der Waals surface area contributed by atoms with Crippen LogP contribution in [0, 0.1) is 6.92 Å². The number of hydrogen-bond acceptors (Lipinski definition) is 3. The molecule has 76 valence electrons. The van der Waals surface area contributed by atoms with E-state index in [1.807, 2.05) is 13.1 Å². The van der Waals surface area contributed by atoms with Crippen molar-refractivity contribution in [2.24, 2.45) is 0 Å². The number of nitrogen functional groups attached to an aromatic ring is 1. The van der Waals surface area contributed by atoms with Gasteiger partial charge in [-0.3, -0.25) is 0 Å². The number of rotatable bonds is 1. The third-order valence-electron chi connectivity index (χ3n) is 2.85. The molecule has 1 atom stereocenters. The average Bonchev–Trinajstić information content (AvgIpc) is 2.23. The van der Waals surface area contributed by atoms with Gasteiger partial charge in [0.15, 0.2) is 0 Å². The van der Waals surface area contributed by atoms with Crippen LogP contribution < -0.4 is 11.1 Å². The van der Waals surface area contributed by atoms with Crippen LogP contribution in [0.3, 0.4) is 0 Å². The fourth-order valence-electron chi connectivity index (χ4n) is 1.93. The SMILES string of the molecule is Cc1cc([C@@H]2CCCCN2)cnc1N. The summed E-state index contributed by atoms with van der Waals surface area (Å²) < 4.78 is 0. The van der Waals surface area contributed by atoms with Gasteiger partial charge in [0.2, 0.25) is 0 Å². The fourth-order valence-corrected chi connectivity index (χ4v) is 1.93. The number of aromatic nitrogens is 1. The number of nitrogens with two attached hydrogens (primary N) is 1. The van der Waals surface area contributed by atoms with Crippen LogP contribution in [0.5, 0.6) is 0 Å². The molecule has 0 saturated carbocycles. The lowest BCUT2D eigenvalue weighted by Crippen LogP contribution is -2.26. The molecule has 0 unspecified atom stereocenters. The van der Waals surface area contributed by atoms with E-state index < -0.39 is 0 Å². The zero-order chi connectivity index (χ0) is 9.97. The minimum atomic E-state index is 0.482. The van der Waals surface area contributed by atoms with Crippen LogP contribution in [0.2, 0.25) is 0 Å². The molecule has 1 aliphatic heterocycles. The third-order valence-corrected chi connectivity index (χ3v) is 2.85. The number of nitrogens with one attached hydrogen (secondary N) is 1. The van der Waals surface area contributed by atoms with E-state index in [0.717, 1.165) is 12.1 Å². The van der Waals surface area contributed by atoms with Gasteiger partial charge in [-0.15, -0.1) is 0 Å². The Bertz CT molecular complexity index is 316. The molecule has 0 spiro atoms. The highest BCUT2D eigenvalue weighted by molar-refractivity contribution is 5.40. The highest BCUT2D eigenvalue weighted by Gasteiger charge is 2.15. The number of nitrogens with zero attached hydrogens (tertiary/aromatic N) is 1. The molecule has 3 N–H and O–H groups in total. The summed E-state index contributed by atoms with van der Waals surface area (Å²) in [6, 6.07) is 2.63. The lowest BCUT2D eigenvalue weighted by molar-refractivity contribution is 0.411. The second-order valence-electron chi connectivity index (χ2n) is 3.97. The van der Waals surface area contributed by atoms with Crippen LogP contribution >= 0.6 is 0 Å². The summed E-state index contributed by atoms with van der Waals surface area (Å²) in [4.78, 5) is 4.19. The third kappa shape index (κ3) is 1.87. The molecule has 1 aromatic rings. The molecule has 0 bridgehead atoms. The molecule has 2 heterocycles. The molecule has 0 amide bonds. The smallest absolute Gasteiger partial charge is 0.126 e. The first kappa shape index (κ1) is 9.46. The second-order valence-corrected chi connectivity index (χ2v) is 3.97. The maximum absolute atomic E-state index is 5.69. The van der Waals surface area contributed by atoms with Crippen molar-refractivity contribution in [3.8, 4) is 0 Å². The summed E-state index contributed by atoms with van der Waals surface area (Å²) in [6.07, 6.45) is 5.70. The van der Waals surface area contributed by atoms with E-state index in [1.165, 1.54) is 24.8 Å². The Labute approximate surface area is 84.7 Å². The van der Waals surface area contributed by atoms with E-state index in [9.17, 15) is 0 Å². The van der Waals surface area contributed by atoms with Gasteiger partial charge in [-0.1, -0.05) is 6.42 Å². The van der Waals surface area contributed by atoms with Gasteiger partial charge in [0.25, 0.3) is 0 Å². The topological polar surface area (TPSA) is 50.9 Å². The summed E-state index contributed by atoms with van der Waals surface area (Å²) in [5.41, 5.74) is 8.04. The normalized spacial score (nSPS) is 22.2. The summed E-state index contributed by atoms with van der Waals surface area (Å²) in [7, 11) is 0. The van der Waals surface area contributed by atoms with Crippen LogP contribution in [0.15, 0.2) is 12.3 Å². The van der Waals surface area contributed by atoms with Crippen molar-refractivity contribution < 1.29 is 0 Å². The summed E-state index contributed by atoms with van der Waals surface area (Å²) in [5.74, 6) is 0.643. The Morgan fingerprint density at radius 2 is 2.36 bits per heavy atom. The van der Waals surface area contributed by atoms with E-state index in [1.54, 1.807) is 0 Å². The molecule has 1 aliphatic rings. The van der Waals surface area contributed by atoms with Gasteiger partial charge in [0.1, 0.15) is 5.82 Å². The minimum Gasteiger partial charge on any atom is -0.383 e. The average molecular weight is 191 g/mol. The standard InChI is InChI=1S/C11H17N3/c1-8-6-9(7-14-11(8)12)10-4-2-3-5-13-10/h6-7,10,13H,2-5H2,1H3,(H2,12,14)/t10-/m0/s1. The quantitative estimate of drug-likeness (QED) is 0.711. The Morgan fingerprint density at radius 1 is 1.50 bits per heavy atom. The first-order valence-electron chi connectivity index (χ1n) is 5.23. The van der Waals surface area contributed by atoms with Crippen molar-refractivity contribution in [2.75, 3.05) is 12.3 Å². The number of anilines is 1. The lowest BCUT2D eigenvalue weighted by Gasteiger charge is -2.23. The predicted molar refractivity (Wildman–Crippen MR) is 58.0 cm³/mol. The first-order valence-corrected chi connectivity index (χ1v) is 5.23. The van der Waals surface area contributed by atoms with Crippen molar-refractivity contribution in [3.05, 3.63) is 23.4 Å². The van der Waals surface area contributed by atoms with Crippen molar-refractivity contribution in [2.45, 2.75) is 32.2 Å². The molecule has 1 aromatic heterocycles. The maximum Gasteiger partial charge on any atom is 0.126 e. The number of piperidine rings is 1. The number of hydrogen-bond donors (Lipinski definition) is 2. The van der Waals surface area contributed by atoms with Crippen LogP contribution in [-0.2, 0) is 0 Å². The largest absolute Gasteiger partial charge is 0.383 e. The molecule has 0 aromatic carbocycles. The van der Waals surface area contributed by atoms with Crippen LogP contribution in [0.4, 0.5) is 5.82 Å². The van der Waals surface area contributed by atoms with Crippen LogP contribution in [0.1, 0.15) is 36.4 Å². The monoisotopic (exact) mass is 191 g/mol. The summed E-state index contributed by atoms with van der Waals surface area (Å²) in [5, 5.41) is 3.50. The molecule has 14 heavy (non-hydrogen) atoms.